The van der Waals surface area contributed by atoms with Gasteiger partial charge in [0.05, 0.1) is 24.0 Å². The summed E-state index contributed by atoms with van der Waals surface area (Å²) in [5, 5.41) is 12.4. The van der Waals surface area contributed by atoms with Crippen LogP contribution in [0, 0.1) is 11.8 Å². The van der Waals surface area contributed by atoms with Gasteiger partial charge in [-0.1, -0.05) is 74.4 Å². The SMILES string of the molecule is CCCCCN1CC=C[C@@]23O[C@H]4/C=C\CCC(=O)OC[C@H](c5ccccc5)NC(=O)[C@H]4[C@@H]2C(=O)N(CCCCCO)[C@H]3C1=O. The number of ether oxygens (including phenoxy) is 2. The maximum Gasteiger partial charge on any atom is 0.306 e. The molecule has 44 heavy (non-hydrogen) atoms. The standard InChI is InChI=1S/C34H45N3O7/c1-2-3-10-19-36-20-13-18-34-29(32(41)37(30(34)33(36)42)21-11-5-12-22-38)28-26(44-34)16-8-9-17-27(39)43-23-25(35-31(28)40)24-14-6-4-7-15-24/h4,6-8,13-16,18,25-26,28-30,38H,2-3,5,9-12,17,19-23H2,1H3,(H,35,40)/b16-8-/t25-,26+,28-,29-,30+,34-/m1/s1. The van der Waals surface area contributed by atoms with Crippen LogP contribution in [0.3, 0.4) is 0 Å². The summed E-state index contributed by atoms with van der Waals surface area (Å²) in [7, 11) is 0. The minimum atomic E-state index is -1.31. The second-order valence-corrected chi connectivity index (χ2v) is 12.2. The van der Waals surface area contributed by atoms with Gasteiger partial charge in [-0.3, -0.25) is 19.2 Å². The van der Waals surface area contributed by atoms with Crippen LogP contribution in [0.15, 0.2) is 54.6 Å². The number of allylic oxidation sites excluding steroid dienone is 1. The molecule has 10 nitrogen and oxygen atoms in total. The number of unbranched alkanes of at least 4 members (excludes halogenated alkanes) is 4. The maximum absolute atomic E-state index is 14.4. The topological polar surface area (TPSA) is 125 Å². The van der Waals surface area contributed by atoms with Crippen LogP contribution < -0.4 is 5.32 Å². The number of amides is 3. The summed E-state index contributed by atoms with van der Waals surface area (Å²) in [6, 6.07) is 7.79. The highest BCUT2D eigenvalue weighted by atomic mass is 16.5. The number of benzene rings is 1. The number of aliphatic hydroxyl groups is 1. The van der Waals surface area contributed by atoms with E-state index in [1.165, 1.54) is 0 Å². The second-order valence-electron chi connectivity index (χ2n) is 12.2. The third kappa shape index (κ3) is 6.47. The van der Waals surface area contributed by atoms with E-state index in [1.54, 1.807) is 22.0 Å². The molecule has 0 saturated carbocycles. The number of cyclic esters (lactones) is 1. The van der Waals surface area contributed by atoms with Crippen LogP contribution in [0.2, 0.25) is 0 Å². The van der Waals surface area contributed by atoms with Gasteiger partial charge < -0.3 is 29.7 Å². The summed E-state index contributed by atoms with van der Waals surface area (Å²) in [5.41, 5.74) is -0.532. The highest BCUT2D eigenvalue weighted by molar-refractivity contribution is 5.99. The van der Waals surface area contributed by atoms with Gasteiger partial charge in [0.25, 0.3) is 0 Å². The normalized spacial score (nSPS) is 31.3. The Hall–Kier alpha value is -3.50. The van der Waals surface area contributed by atoms with E-state index in [0.29, 0.717) is 45.3 Å². The lowest BCUT2D eigenvalue weighted by Gasteiger charge is -2.35. The maximum atomic E-state index is 14.4. The van der Waals surface area contributed by atoms with E-state index in [9.17, 15) is 24.3 Å². The van der Waals surface area contributed by atoms with Crippen LogP contribution in [0.25, 0.3) is 0 Å². The molecule has 1 aromatic rings. The van der Waals surface area contributed by atoms with Gasteiger partial charge in [0, 0.05) is 32.7 Å². The highest BCUT2D eigenvalue weighted by Gasteiger charge is 2.71. The number of esters is 1. The van der Waals surface area contributed by atoms with Gasteiger partial charge in [-0.05, 0) is 37.7 Å². The number of carbonyl (C=O) groups is 4. The van der Waals surface area contributed by atoms with Crippen molar-refractivity contribution in [2.24, 2.45) is 11.8 Å². The van der Waals surface area contributed by atoms with E-state index in [2.05, 4.69) is 12.2 Å². The van der Waals surface area contributed by atoms with Crippen molar-refractivity contribution in [3.8, 4) is 0 Å². The molecular weight excluding hydrogens is 562 g/mol. The fourth-order valence-electron chi connectivity index (χ4n) is 7.05. The van der Waals surface area contributed by atoms with E-state index in [1.807, 2.05) is 42.5 Å². The summed E-state index contributed by atoms with van der Waals surface area (Å²) in [6.45, 7) is 3.48. The second kappa shape index (κ2) is 14.5. The molecule has 4 aliphatic heterocycles. The first-order valence-electron chi connectivity index (χ1n) is 16.1. The molecule has 5 rings (SSSR count). The van der Waals surface area contributed by atoms with Gasteiger partial charge in [0.2, 0.25) is 17.7 Å². The molecule has 6 atom stereocenters. The molecule has 0 unspecified atom stereocenters. The Balaban J connectivity index is 1.52. The van der Waals surface area contributed by atoms with Gasteiger partial charge in [0.1, 0.15) is 18.2 Å². The van der Waals surface area contributed by atoms with Crippen molar-refractivity contribution < 1.29 is 33.8 Å². The Kier molecular flexibility index (Phi) is 10.5. The van der Waals surface area contributed by atoms with Gasteiger partial charge in [0.15, 0.2) is 0 Å². The minimum absolute atomic E-state index is 0.0367. The zero-order valence-corrected chi connectivity index (χ0v) is 25.6. The molecule has 1 aromatic carbocycles. The first-order chi connectivity index (χ1) is 21.4. The van der Waals surface area contributed by atoms with Gasteiger partial charge in [-0.25, -0.2) is 0 Å². The Labute approximate surface area is 259 Å². The lowest BCUT2D eigenvalue weighted by atomic mass is 9.77. The summed E-state index contributed by atoms with van der Waals surface area (Å²) < 4.78 is 12.3. The van der Waals surface area contributed by atoms with Crippen LogP contribution in [-0.4, -0.2) is 89.2 Å². The van der Waals surface area contributed by atoms with Gasteiger partial charge >= 0.3 is 5.97 Å². The molecule has 0 bridgehead atoms. The monoisotopic (exact) mass is 607 g/mol. The average molecular weight is 608 g/mol. The van der Waals surface area contributed by atoms with Crippen LogP contribution in [-0.2, 0) is 28.7 Å². The number of rotatable bonds is 10. The Morgan fingerprint density at radius 3 is 2.55 bits per heavy atom. The number of aliphatic hydroxyl groups excluding tert-OH is 1. The zero-order chi connectivity index (χ0) is 31.1. The molecule has 4 heterocycles. The molecule has 3 amide bonds. The molecule has 238 valence electrons. The van der Waals surface area contributed by atoms with Crippen molar-refractivity contribution in [1.29, 1.82) is 0 Å². The van der Waals surface area contributed by atoms with Crippen LogP contribution >= 0.6 is 0 Å². The number of hydrogen-bond donors (Lipinski definition) is 2. The fourth-order valence-corrected chi connectivity index (χ4v) is 7.05. The first-order valence-corrected chi connectivity index (χ1v) is 16.1. The number of hydrogen-bond acceptors (Lipinski definition) is 7. The average Bonchev–Trinajstić information content (AvgIpc) is 3.41. The first kappa shape index (κ1) is 31.9. The molecule has 1 spiro atoms. The predicted molar refractivity (Wildman–Crippen MR) is 163 cm³/mol. The molecule has 4 aliphatic rings. The molecule has 2 fully saturated rings. The predicted octanol–water partition coefficient (Wildman–Crippen LogP) is 3.07. The Bertz CT molecular complexity index is 1250. The molecule has 0 aliphatic carbocycles. The molecular formula is C34H45N3O7. The smallest absolute Gasteiger partial charge is 0.306 e. The van der Waals surface area contributed by atoms with E-state index in [0.717, 1.165) is 24.8 Å². The molecule has 0 radical (unpaired) electrons. The number of nitrogens with zero attached hydrogens (tertiary/aromatic N) is 2. The number of fused-ring (bicyclic) bond motifs is 2. The van der Waals surface area contributed by atoms with E-state index in [4.69, 9.17) is 9.47 Å². The molecule has 2 saturated heterocycles. The number of likely N-dealkylation sites (tertiary alicyclic amines) is 1. The third-order valence-corrected chi connectivity index (χ3v) is 9.24. The summed E-state index contributed by atoms with van der Waals surface area (Å²) in [6.07, 6.45) is 12.0. The summed E-state index contributed by atoms with van der Waals surface area (Å²) in [4.78, 5) is 58.8. The lowest BCUT2D eigenvalue weighted by molar-refractivity contribution is -0.148. The number of nitrogens with one attached hydrogen (secondary N) is 1. The molecule has 10 heteroatoms. The summed E-state index contributed by atoms with van der Waals surface area (Å²) in [5.74, 6) is -2.97. The quantitative estimate of drug-likeness (QED) is 0.238. The lowest BCUT2D eigenvalue weighted by Crippen LogP contribution is -2.55. The highest BCUT2D eigenvalue weighted by Crippen LogP contribution is 2.53. The van der Waals surface area contributed by atoms with Crippen molar-refractivity contribution in [2.75, 3.05) is 32.8 Å². The number of carbonyl (C=O) groups excluding carboxylic acids is 4. The summed E-state index contributed by atoms with van der Waals surface area (Å²) >= 11 is 0. The fraction of sp³-hybridized carbons (Fsp3) is 0.588. The van der Waals surface area contributed by atoms with Crippen LogP contribution in [0.5, 0.6) is 0 Å². The van der Waals surface area contributed by atoms with Crippen molar-refractivity contribution in [2.45, 2.75) is 82.1 Å². The van der Waals surface area contributed by atoms with Crippen LogP contribution in [0.1, 0.15) is 69.9 Å². The van der Waals surface area contributed by atoms with Crippen molar-refractivity contribution >= 4 is 23.7 Å². The van der Waals surface area contributed by atoms with Crippen LogP contribution in [0.4, 0.5) is 0 Å². The largest absolute Gasteiger partial charge is 0.463 e. The Morgan fingerprint density at radius 2 is 1.77 bits per heavy atom. The van der Waals surface area contributed by atoms with Gasteiger partial charge in [-0.15, -0.1) is 0 Å². The van der Waals surface area contributed by atoms with E-state index in [-0.39, 0.29) is 43.3 Å². The molecule has 0 aromatic heterocycles. The van der Waals surface area contributed by atoms with Gasteiger partial charge in [-0.2, -0.15) is 0 Å². The van der Waals surface area contributed by atoms with Crippen molar-refractivity contribution in [3.63, 3.8) is 0 Å². The van der Waals surface area contributed by atoms with E-state index >= 15 is 0 Å². The van der Waals surface area contributed by atoms with Crippen molar-refractivity contribution in [1.82, 2.24) is 15.1 Å². The third-order valence-electron chi connectivity index (χ3n) is 9.24. The molecule has 2 N–H and O–H groups in total. The Morgan fingerprint density at radius 1 is 0.977 bits per heavy atom. The van der Waals surface area contributed by atoms with Crippen molar-refractivity contribution in [3.05, 3.63) is 60.2 Å². The van der Waals surface area contributed by atoms with E-state index < -0.39 is 35.6 Å². The zero-order valence-electron chi connectivity index (χ0n) is 25.6. The minimum Gasteiger partial charge on any atom is -0.463 e.